The average Bonchev–Trinajstić information content (AvgIpc) is 3.26. The summed E-state index contributed by atoms with van der Waals surface area (Å²) in [5, 5.41) is 0. The number of hydrogen-bond donors (Lipinski definition) is 0. The molecule has 0 spiro atoms. The van der Waals surface area contributed by atoms with Gasteiger partial charge in [-0.1, -0.05) is 229 Å². The third kappa shape index (κ3) is 48.0. The highest BCUT2D eigenvalue weighted by atomic mass is 16.6. The van der Waals surface area contributed by atoms with Gasteiger partial charge in [-0.3, -0.25) is 14.4 Å². The lowest BCUT2D eigenvalue weighted by atomic mass is 10.0. The molecule has 0 saturated heterocycles. The van der Waals surface area contributed by atoms with Crippen molar-refractivity contribution in [3.63, 3.8) is 0 Å². The summed E-state index contributed by atoms with van der Waals surface area (Å²) in [5.74, 6) is -0.886. The van der Waals surface area contributed by atoms with Crippen LogP contribution in [0.5, 0.6) is 0 Å². The minimum Gasteiger partial charge on any atom is -0.462 e. The van der Waals surface area contributed by atoms with E-state index in [1.54, 1.807) is 0 Å². The monoisotopic (exact) mass is 853 g/mol. The van der Waals surface area contributed by atoms with Gasteiger partial charge in [0.15, 0.2) is 6.10 Å². The van der Waals surface area contributed by atoms with Crippen LogP contribution >= 0.6 is 0 Å². The summed E-state index contributed by atoms with van der Waals surface area (Å²) in [4.78, 5) is 37.7. The first kappa shape index (κ1) is 58.1. The van der Waals surface area contributed by atoms with E-state index in [0.29, 0.717) is 19.3 Å². The normalized spacial score (nSPS) is 12.5. The van der Waals surface area contributed by atoms with E-state index in [0.717, 1.165) is 96.3 Å². The highest BCUT2D eigenvalue weighted by Crippen LogP contribution is 2.15. The zero-order chi connectivity index (χ0) is 44.4. The molecule has 0 saturated carbocycles. The topological polar surface area (TPSA) is 78.9 Å². The summed E-state index contributed by atoms with van der Waals surface area (Å²) in [5.41, 5.74) is 0. The van der Waals surface area contributed by atoms with E-state index in [9.17, 15) is 14.4 Å². The van der Waals surface area contributed by atoms with Crippen molar-refractivity contribution in [2.75, 3.05) is 13.2 Å². The molecule has 0 aromatic heterocycles. The van der Waals surface area contributed by atoms with Crippen LogP contribution in [0.4, 0.5) is 0 Å². The average molecular weight is 853 g/mol. The first-order chi connectivity index (χ1) is 30.0. The lowest BCUT2D eigenvalue weighted by molar-refractivity contribution is -0.167. The number of hydrogen-bond acceptors (Lipinski definition) is 6. The molecule has 0 aliphatic heterocycles. The van der Waals surface area contributed by atoms with E-state index in [1.165, 1.54) is 116 Å². The third-order valence-electron chi connectivity index (χ3n) is 11.0. The van der Waals surface area contributed by atoms with Crippen molar-refractivity contribution in [2.24, 2.45) is 0 Å². The number of ether oxygens (including phenoxy) is 3. The second-order valence-corrected chi connectivity index (χ2v) is 17.1. The van der Waals surface area contributed by atoms with Crippen LogP contribution in [-0.4, -0.2) is 37.2 Å². The third-order valence-corrected chi connectivity index (χ3v) is 11.0. The van der Waals surface area contributed by atoms with Crippen LogP contribution in [0.2, 0.25) is 0 Å². The van der Waals surface area contributed by atoms with E-state index >= 15 is 0 Å². The van der Waals surface area contributed by atoms with E-state index in [2.05, 4.69) is 81.5 Å². The van der Waals surface area contributed by atoms with Crippen LogP contribution < -0.4 is 0 Å². The van der Waals surface area contributed by atoms with Crippen molar-refractivity contribution in [1.29, 1.82) is 0 Å². The molecule has 0 aliphatic rings. The quantitative estimate of drug-likeness (QED) is 0.0263. The molecule has 0 aromatic carbocycles. The molecule has 6 nitrogen and oxygen atoms in total. The van der Waals surface area contributed by atoms with Crippen molar-refractivity contribution in [2.45, 2.75) is 258 Å². The Morgan fingerprint density at radius 3 is 1.00 bits per heavy atom. The fraction of sp³-hybridized carbons (Fsp3) is 0.764. The maximum atomic E-state index is 12.7. The lowest BCUT2D eigenvalue weighted by Crippen LogP contribution is -2.30. The predicted octanol–water partition coefficient (Wildman–Crippen LogP) is 16.9. The fourth-order valence-corrected chi connectivity index (χ4v) is 7.17. The van der Waals surface area contributed by atoms with Crippen molar-refractivity contribution in [3.8, 4) is 0 Å². The summed E-state index contributed by atoms with van der Waals surface area (Å²) >= 11 is 0. The SMILES string of the molecule is CC/C=C\C/C=C\C/C=C\C/C=C\C/C=C\CCCCCCCCCCCC(=O)OCC(COC(=O)CCCCCCCC)OC(=O)CCCCCCCCCCCCCC. The zero-order valence-electron chi connectivity index (χ0n) is 40.2. The Bertz CT molecular complexity index is 1120. The highest BCUT2D eigenvalue weighted by molar-refractivity contribution is 5.71. The molecule has 352 valence electrons. The molecule has 0 fully saturated rings. The summed E-state index contributed by atoms with van der Waals surface area (Å²) in [6.45, 7) is 6.46. The minimum absolute atomic E-state index is 0.0739. The van der Waals surface area contributed by atoms with Crippen molar-refractivity contribution >= 4 is 17.9 Å². The molecule has 0 amide bonds. The molecule has 0 aromatic rings. The molecule has 0 heterocycles. The number of allylic oxidation sites excluding steroid dienone is 10. The van der Waals surface area contributed by atoms with E-state index in [-0.39, 0.29) is 31.1 Å². The number of carbonyl (C=O) groups is 3. The summed E-state index contributed by atoms with van der Waals surface area (Å²) in [6, 6.07) is 0. The van der Waals surface area contributed by atoms with Crippen molar-refractivity contribution < 1.29 is 28.6 Å². The molecular weight excluding hydrogens is 757 g/mol. The zero-order valence-corrected chi connectivity index (χ0v) is 40.2. The molecule has 1 atom stereocenters. The molecule has 0 N–H and O–H groups in total. The number of carbonyl (C=O) groups excluding carboxylic acids is 3. The largest absolute Gasteiger partial charge is 0.462 e. The first-order valence-electron chi connectivity index (χ1n) is 25.8. The van der Waals surface area contributed by atoms with Crippen LogP contribution in [0, 0.1) is 0 Å². The summed E-state index contributed by atoms with van der Waals surface area (Å²) < 4.78 is 16.7. The number of rotatable bonds is 46. The maximum Gasteiger partial charge on any atom is 0.306 e. The number of esters is 3. The van der Waals surface area contributed by atoms with Crippen LogP contribution in [0.1, 0.15) is 252 Å². The van der Waals surface area contributed by atoms with Crippen LogP contribution in [-0.2, 0) is 28.6 Å². The van der Waals surface area contributed by atoms with Crippen LogP contribution in [0.15, 0.2) is 60.8 Å². The molecule has 61 heavy (non-hydrogen) atoms. The Kier molecular flexibility index (Phi) is 47.4. The number of unbranched alkanes of at least 4 members (excludes halogenated alkanes) is 25. The van der Waals surface area contributed by atoms with Gasteiger partial charge in [0.1, 0.15) is 13.2 Å². The summed E-state index contributed by atoms with van der Waals surface area (Å²) in [7, 11) is 0. The maximum absolute atomic E-state index is 12.7. The van der Waals surface area contributed by atoms with Gasteiger partial charge in [0.2, 0.25) is 0 Å². The van der Waals surface area contributed by atoms with Gasteiger partial charge >= 0.3 is 17.9 Å². The lowest BCUT2D eigenvalue weighted by Gasteiger charge is -2.18. The van der Waals surface area contributed by atoms with Gasteiger partial charge in [-0.2, -0.15) is 0 Å². The molecular formula is C55H96O6. The molecule has 0 bridgehead atoms. The standard InChI is InChI=1S/C55H96O6/c1-4-7-10-13-16-18-20-22-23-24-25-26-27-28-29-30-31-32-33-34-36-37-39-42-45-48-54(57)60-51-52(50-59-53(56)47-44-41-15-12-9-6-3)61-55(58)49-46-43-40-38-35-21-19-17-14-11-8-5-2/h7,10,16,18,22-23,25-26,28-29,52H,4-6,8-9,11-15,17,19-21,24,27,30-51H2,1-3H3/b10-7-,18-16-,23-22-,26-25-,29-28-. The minimum atomic E-state index is -0.769. The van der Waals surface area contributed by atoms with Crippen LogP contribution in [0.25, 0.3) is 0 Å². The predicted molar refractivity (Wildman–Crippen MR) is 261 cm³/mol. The van der Waals surface area contributed by atoms with E-state index < -0.39 is 6.10 Å². The van der Waals surface area contributed by atoms with Gasteiger partial charge in [0.25, 0.3) is 0 Å². The Labute approximate surface area is 377 Å². The van der Waals surface area contributed by atoms with Gasteiger partial charge in [-0.15, -0.1) is 0 Å². The molecule has 1 unspecified atom stereocenters. The highest BCUT2D eigenvalue weighted by Gasteiger charge is 2.19. The molecule has 0 aliphatic carbocycles. The fourth-order valence-electron chi connectivity index (χ4n) is 7.17. The Morgan fingerprint density at radius 2 is 0.639 bits per heavy atom. The molecule has 0 rings (SSSR count). The Balaban J connectivity index is 4.13. The Hall–Kier alpha value is -2.89. The van der Waals surface area contributed by atoms with Gasteiger partial charge < -0.3 is 14.2 Å². The van der Waals surface area contributed by atoms with E-state index in [4.69, 9.17) is 14.2 Å². The molecule has 6 heteroatoms. The van der Waals surface area contributed by atoms with Gasteiger partial charge in [-0.05, 0) is 64.2 Å². The summed E-state index contributed by atoms with van der Waals surface area (Å²) in [6.07, 6.45) is 60.9. The van der Waals surface area contributed by atoms with Crippen LogP contribution in [0.3, 0.4) is 0 Å². The van der Waals surface area contributed by atoms with Crippen molar-refractivity contribution in [1.82, 2.24) is 0 Å². The van der Waals surface area contributed by atoms with Gasteiger partial charge in [-0.25, -0.2) is 0 Å². The molecule has 0 radical (unpaired) electrons. The van der Waals surface area contributed by atoms with Crippen molar-refractivity contribution in [3.05, 3.63) is 60.8 Å². The van der Waals surface area contributed by atoms with E-state index in [1.807, 2.05) is 0 Å². The second kappa shape index (κ2) is 49.8. The Morgan fingerprint density at radius 1 is 0.344 bits per heavy atom. The van der Waals surface area contributed by atoms with Gasteiger partial charge in [0.05, 0.1) is 0 Å². The smallest absolute Gasteiger partial charge is 0.306 e. The second-order valence-electron chi connectivity index (χ2n) is 17.1. The first-order valence-corrected chi connectivity index (χ1v) is 25.8. The van der Waals surface area contributed by atoms with Gasteiger partial charge in [0, 0.05) is 19.3 Å².